The lowest BCUT2D eigenvalue weighted by atomic mass is 9.75. The number of hydrogen-bond acceptors (Lipinski definition) is 2. The van der Waals surface area contributed by atoms with Gasteiger partial charge in [0.15, 0.2) is 0 Å². The van der Waals surface area contributed by atoms with E-state index in [-0.39, 0.29) is 0 Å². The lowest BCUT2D eigenvalue weighted by Crippen LogP contribution is -2.45. The van der Waals surface area contributed by atoms with Gasteiger partial charge in [0.05, 0.1) is 6.42 Å². The number of carbonyl (C=O) groups excluding carboxylic acids is 1. The van der Waals surface area contributed by atoms with Crippen molar-refractivity contribution in [3.8, 4) is 0 Å². The molecule has 3 nitrogen and oxygen atoms in total. The van der Waals surface area contributed by atoms with Crippen LogP contribution < -0.4 is 5.73 Å². The molecule has 1 amide bonds. The van der Waals surface area contributed by atoms with Crippen LogP contribution in [0.15, 0.2) is 24.3 Å². The van der Waals surface area contributed by atoms with E-state index in [9.17, 15) is 4.79 Å². The molecule has 2 fully saturated rings. The second-order valence-electron chi connectivity index (χ2n) is 6.63. The van der Waals surface area contributed by atoms with Gasteiger partial charge in [0.1, 0.15) is 0 Å². The fraction of sp³-hybridized carbons (Fsp3) is 0.611. The number of nitrogens with zero attached hydrogens (tertiary/aromatic N) is 1. The molecule has 0 aromatic heterocycles. The van der Waals surface area contributed by atoms with E-state index >= 15 is 0 Å². The molecule has 1 aromatic carbocycles. The number of hydrogen-bond donors (Lipinski definition) is 1. The molecule has 1 saturated carbocycles. The molecule has 1 saturated heterocycles. The minimum absolute atomic E-state index is 0.291. The average Bonchev–Trinajstić information content (AvgIpc) is 2.55. The highest BCUT2D eigenvalue weighted by atomic mass is 16.2. The Kier molecular flexibility index (Phi) is 4.59. The number of amides is 1. The smallest absolute Gasteiger partial charge is 0.226 e. The molecule has 1 heterocycles. The summed E-state index contributed by atoms with van der Waals surface area (Å²) in [5.74, 6) is 1.93. The first-order chi connectivity index (χ1) is 10.3. The Balaban J connectivity index is 1.57. The van der Waals surface area contributed by atoms with Crippen LogP contribution in [0, 0.1) is 11.8 Å². The van der Waals surface area contributed by atoms with E-state index in [1.54, 1.807) is 0 Å². The highest BCUT2D eigenvalue weighted by Gasteiger charge is 2.32. The number of piperidine rings is 1. The summed E-state index contributed by atoms with van der Waals surface area (Å²) in [6.07, 6.45) is 7.18. The first-order valence-corrected chi connectivity index (χ1v) is 8.32. The highest BCUT2D eigenvalue weighted by molar-refractivity contribution is 5.78. The van der Waals surface area contributed by atoms with E-state index in [2.05, 4.69) is 4.90 Å². The summed E-state index contributed by atoms with van der Waals surface area (Å²) in [4.78, 5) is 14.6. The monoisotopic (exact) mass is 286 g/mol. The Morgan fingerprint density at radius 1 is 1.05 bits per heavy atom. The van der Waals surface area contributed by atoms with Crippen LogP contribution in [0.5, 0.6) is 0 Å². The summed E-state index contributed by atoms with van der Waals surface area (Å²) < 4.78 is 0. The number of rotatable bonds is 3. The van der Waals surface area contributed by atoms with E-state index in [0.29, 0.717) is 18.9 Å². The third-order valence-corrected chi connectivity index (χ3v) is 5.26. The second-order valence-corrected chi connectivity index (χ2v) is 6.63. The minimum atomic E-state index is 0.291. The molecule has 0 radical (unpaired) electrons. The summed E-state index contributed by atoms with van der Waals surface area (Å²) in [6.45, 7) is 2.51. The summed E-state index contributed by atoms with van der Waals surface area (Å²) in [7, 11) is 0. The fourth-order valence-electron chi connectivity index (χ4n) is 3.91. The quantitative estimate of drug-likeness (QED) is 0.928. The van der Waals surface area contributed by atoms with E-state index in [0.717, 1.165) is 36.1 Å². The largest absolute Gasteiger partial charge is 0.342 e. The van der Waals surface area contributed by atoms with Gasteiger partial charge in [0, 0.05) is 19.6 Å². The molecule has 2 N–H and O–H groups in total. The molecule has 2 unspecified atom stereocenters. The van der Waals surface area contributed by atoms with E-state index in [1.165, 1.54) is 32.1 Å². The molecule has 1 aliphatic carbocycles. The third kappa shape index (κ3) is 3.46. The first kappa shape index (κ1) is 14.6. The summed E-state index contributed by atoms with van der Waals surface area (Å²) in [6, 6.07) is 8.12. The zero-order chi connectivity index (χ0) is 14.7. The van der Waals surface area contributed by atoms with Crippen LogP contribution in [0.25, 0.3) is 0 Å². The van der Waals surface area contributed by atoms with Crippen LogP contribution in [0.2, 0.25) is 0 Å². The van der Waals surface area contributed by atoms with Gasteiger partial charge < -0.3 is 10.6 Å². The first-order valence-electron chi connectivity index (χ1n) is 8.32. The Morgan fingerprint density at radius 2 is 1.71 bits per heavy atom. The summed E-state index contributed by atoms with van der Waals surface area (Å²) in [5.41, 5.74) is 7.82. The standard InChI is InChI=1S/C18H26N2O/c19-12-15-7-5-14(6-8-15)11-18(21)20-10-9-16-3-1-2-4-17(16)13-20/h5-8,16-17H,1-4,9-13,19H2. The third-order valence-electron chi connectivity index (χ3n) is 5.26. The number of nitrogens with two attached hydrogens (primary N) is 1. The van der Waals surface area contributed by atoms with Crippen LogP contribution in [0.3, 0.4) is 0 Å². The van der Waals surface area contributed by atoms with Crippen LogP contribution in [-0.4, -0.2) is 23.9 Å². The van der Waals surface area contributed by atoms with Crippen molar-refractivity contribution in [3.05, 3.63) is 35.4 Å². The molecule has 0 spiro atoms. The van der Waals surface area contributed by atoms with Crippen molar-refractivity contribution < 1.29 is 4.79 Å². The van der Waals surface area contributed by atoms with Crippen molar-refractivity contribution in [1.82, 2.24) is 4.90 Å². The predicted molar refractivity (Wildman–Crippen MR) is 84.7 cm³/mol. The van der Waals surface area contributed by atoms with Gasteiger partial charge in [-0.25, -0.2) is 0 Å². The van der Waals surface area contributed by atoms with Crippen molar-refractivity contribution >= 4 is 5.91 Å². The van der Waals surface area contributed by atoms with Crippen LogP contribution in [0.1, 0.15) is 43.2 Å². The summed E-state index contributed by atoms with van der Waals surface area (Å²) in [5, 5.41) is 0. The number of carbonyl (C=O) groups is 1. The molecule has 1 aromatic rings. The van der Waals surface area contributed by atoms with Crippen molar-refractivity contribution in [2.45, 2.75) is 45.1 Å². The van der Waals surface area contributed by atoms with Gasteiger partial charge in [-0.15, -0.1) is 0 Å². The Bertz CT molecular complexity index is 482. The molecule has 1 aliphatic heterocycles. The van der Waals surface area contributed by atoms with Gasteiger partial charge in [-0.1, -0.05) is 43.5 Å². The Morgan fingerprint density at radius 3 is 2.43 bits per heavy atom. The van der Waals surface area contributed by atoms with Crippen LogP contribution in [-0.2, 0) is 17.8 Å². The zero-order valence-corrected chi connectivity index (χ0v) is 12.8. The lowest BCUT2D eigenvalue weighted by Gasteiger charge is -2.41. The maximum absolute atomic E-state index is 12.5. The maximum Gasteiger partial charge on any atom is 0.226 e. The van der Waals surface area contributed by atoms with Crippen molar-refractivity contribution in [3.63, 3.8) is 0 Å². The fourth-order valence-corrected chi connectivity index (χ4v) is 3.91. The maximum atomic E-state index is 12.5. The van der Waals surface area contributed by atoms with Gasteiger partial charge >= 0.3 is 0 Å². The van der Waals surface area contributed by atoms with Gasteiger partial charge in [-0.05, 0) is 35.8 Å². The topological polar surface area (TPSA) is 46.3 Å². The summed E-state index contributed by atoms with van der Waals surface area (Å²) >= 11 is 0. The Labute approximate surface area is 127 Å². The van der Waals surface area contributed by atoms with Gasteiger partial charge in [0.2, 0.25) is 5.91 Å². The minimum Gasteiger partial charge on any atom is -0.342 e. The molecule has 3 rings (SSSR count). The Hall–Kier alpha value is -1.35. The lowest BCUT2D eigenvalue weighted by molar-refractivity contribution is -0.133. The number of likely N-dealkylation sites (tertiary alicyclic amines) is 1. The average molecular weight is 286 g/mol. The van der Waals surface area contributed by atoms with Gasteiger partial charge in [-0.2, -0.15) is 0 Å². The zero-order valence-electron chi connectivity index (χ0n) is 12.8. The molecule has 2 aliphatic rings. The molecule has 114 valence electrons. The highest BCUT2D eigenvalue weighted by Crippen LogP contribution is 2.36. The predicted octanol–water partition coefficient (Wildman–Crippen LogP) is 2.73. The van der Waals surface area contributed by atoms with E-state index < -0.39 is 0 Å². The molecular weight excluding hydrogens is 260 g/mol. The SMILES string of the molecule is NCc1ccc(CC(=O)N2CCC3CCCCC3C2)cc1. The number of benzene rings is 1. The molecule has 2 atom stereocenters. The number of fused-ring (bicyclic) bond motifs is 1. The molecule has 21 heavy (non-hydrogen) atoms. The van der Waals surface area contributed by atoms with Gasteiger partial charge in [0.25, 0.3) is 0 Å². The van der Waals surface area contributed by atoms with Crippen LogP contribution >= 0.6 is 0 Å². The molecular formula is C18H26N2O. The van der Waals surface area contributed by atoms with Crippen LogP contribution in [0.4, 0.5) is 0 Å². The van der Waals surface area contributed by atoms with Gasteiger partial charge in [-0.3, -0.25) is 4.79 Å². The van der Waals surface area contributed by atoms with E-state index in [4.69, 9.17) is 5.73 Å². The van der Waals surface area contributed by atoms with Crippen molar-refractivity contribution in [1.29, 1.82) is 0 Å². The van der Waals surface area contributed by atoms with E-state index in [1.807, 2.05) is 24.3 Å². The van der Waals surface area contributed by atoms with Crippen molar-refractivity contribution in [2.24, 2.45) is 17.6 Å². The second kappa shape index (κ2) is 6.61. The van der Waals surface area contributed by atoms with Crippen molar-refractivity contribution in [2.75, 3.05) is 13.1 Å². The normalized spacial score (nSPS) is 25.5. The molecule has 0 bridgehead atoms. The molecule has 3 heteroatoms.